The Kier molecular flexibility index (Phi) is 6.68. The number of rotatable bonds is 5. The first-order chi connectivity index (χ1) is 10.9. The lowest BCUT2D eigenvalue weighted by Crippen LogP contribution is -2.62. The Labute approximate surface area is 132 Å². The van der Waals surface area contributed by atoms with Crippen molar-refractivity contribution in [2.75, 3.05) is 20.3 Å². The molecule has 9 atom stereocenters. The number of hydrogen-bond acceptors (Lipinski definition) is 10. The molecule has 0 aliphatic carbocycles. The van der Waals surface area contributed by atoms with Gasteiger partial charge in [-0.25, -0.2) is 0 Å². The van der Waals surface area contributed by atoms with E-state index >= 15 is 0 Å². The summed E-state index contributed by atoms with van der Waals surface area (Å²) in [5.74, 6) is 0. The van der Waals surface area contributed by atoms with Gasteiger partial charge < -0.3 is 49.6 Å². The van der Waals surface area contributed by atoms with Crippen molar-refractivity contribution in [3.05, 3.63) is 0 Å². The molecule has 2 saturated heterocycles. The molecule has 2 rings (SSSR count). The van der Waals surface area contributed by atoms with Gasteiger partial charge in [0.05, 0.1) is 25.4 Å². The zero-order valence-electron chi connectivity index (χ0n) is 12.6. The monoisotopic (exact) mass is 340 g/mol. The van der Waals surface area contributed by atoms with Crippen LogP contribution in [-0.2, 0) is 18.9 Å². The van der Waals surface area contributed by atoms with Crippen LogP contribution in [-0.4, -0.2) is 106 Å². The summed E-state index contributed by atoms with van der Waals surface area (Å²) >= 11 is 0. The van der Waals surface area contributed by atoms with E-state index < -0.39 is 61.9 Å². The summed E-state index contributed by atoms with van der Waals surface area (Å²) in [4.78, 5) is 0. The highest BCUT2D eigenvalue weighted by atomic mass is 16.7. The third-order valence-corrected chi connectivity index (χ3v) is 4.05. The number of ether oxygens (including phenoxy) is 4. The Bertz CT molecular complexity index is 367. The SMILES string of the molecule is CO[C@@H]1O[C@H](CO)[C@@H](O[C@H]2O[C@H](CO)C[C@H](O)[C@H]2O)[C@H](O)[C@H]1O. The van der Waals surface area contributed by atoms with Crippen LogP contribution in [0.5, 0.6) is 0 Å². The molecule has 0 bridgehead atoms. The molecule has 10 heteroatoms. The normalized spacial score (nSPS) is 48.4. The van der Waals surface area contributed by atoms with Gasteiger partial charge in [0.25, 0.3) is 0 Å². The van der Waals surface area contributed by atoms with Crippen molar-refractivity contribution in [3.8, 4) is 0 Å². The van der Waals surface area contributed by atoms with Crippen LogP contribution in [0.25, 0.3) is 0 Å². The van der Waals surface area contributed by atoms with Crippen molar-refractivity contribution in [1.82, 2.24) is 0 Å². The highest BCUT2D eigenvalue weighted by Crippen LogP contribution is 2.28. The van der Waals surface area contributed by atoms with Gasteiger partial charge in [-0.3, -0.25) is 0 Å². The topological polar surface area (TPSA) is 158 Å². The number of methoxy groups -OCH3 is 1. The molecule has 136 valence electrons. The molecule has 2 aliphatic heterocycles. The fourth-order valence-corrected chi connectivity index (χ4v) is 2.72. The first-order valence-electron chi connectivity index (χ1n) is 7.36. The largest absolute Gasteiger partial charge is 0.394 e. The third-order valence-electron chi connectivity index (χ3n) is 4.05. The van der Waals surface area contributed by atoms with Crippen LogP contribution in [0.3, 0.4) is 0 Å². The quantitative estimate of drug-likeness (QED) is 0.294. The maximum atomic E-state index is 10.2. The van der Waals surface area contributed by atoms with Crippen molar-refractivity contribution < 1.29 is 49.6 Å². The molecule has 0 aromatic heterocycles. The minimum atomic E-state index is -1.48. The molecular formula is C13H24O10. The van der Waals surface area contributed by atoms with Gasteiger partial charge >= 0.3 is 0 Å². The van der Waals surface area contributed by atoms with Crippen LogP contribution in [0.4, 0.5) is 0 Å². The fourth-order valence-electron chi connectivity index (χ4n) is 2.72. The maximum absolute atomic E-state index is 10.2. The average Bonchev–Trinajstić information content (AvgIpc) is 2.55. The first kappa shape index (κ1) is 18.9. The number of aliphatic hydroxyl groups excluding tert-OH is 6. The molecule has 0 spiro atoms. The Morgan fingerprint density at radius 3 is 2.17 bits per heavy atom. The van der Waals surface area contributed by atoms with Crippen LogP contribution < -0.4 is 0 Å². The molecule has 0 saturated carbocycles. The van der Waals surface area contributed by atoms with Gasteiger partial charge in [0, 0.05) is 13.5 Å². The lowest BCUT2D eigenvalue weighted by atomic mass is 9.98. The summed E-state index contributed by atoms with van der Waals surface area (Å²) in [7, 11) is 1.27. The van der Waals surface area contributed by atoms with Crippen LogP contribution in [0.2, 0.25) is 0 Å². The number of hydrogen-bond donors (Lipinski definition) is 6. The highest BCUT2D eigenvalue weighted by molar-refractivity contribution is 4.92. The van der Waals surface area contributed by atoms with Crippen molar-refractivity contribution in [2.24, 2.45) is 0 Å². The summed E-state index contributed by atoms with van der Waals surface area (Å²) in [6.45, 7) is -0.922. The average molecular weight is 340 g/mol. The van der Waals surface area contributed by atoms with Crippen molar-refractivity contribution in [2.45, 2.75) is 61.7 Å². The van der Waals surface area contributed by atoms with Crippen molar-refractivity contribution >= 4 is 0 Å². The van der Waals surface area contributed by atoms with Crippen LogP contribution >= 0.6 is 0 Å². The predicted molar refractivity (Wildman–Crippen MR) is 72.0 cm³/mol. The van der Waals surface area contributed by atoms with Gasteiger partial charge in [-0.15, -0.1) is 0 Å². The summed E-state index contributed by atoms with van der Waals surface area (Å²) in [5, 5.41) is 58.3. The van der Waals surface area contributed by atoms with Crippen LogP contribution in [0, 0.1) is 0 Å². The molecular weight excluding hydrogens is 316 g/mol. The van der Waals surface area contributed by atoms with E-state index in [-0.39, 0.29) is 13.0 Å². The Morgan fingerprint density at radius 1 is 0.913 bits per heavy atom. The summed E-state index contributed by atoms with van der Waals surface area (Å²) in [6, 6.07) is 0. The predicted octanol–water partition coefficient (Wildman–Crippen LogP) is -3.71. The zero-order valence-corrected chi connectivity index (χ0v) is 12.6. The molecule has 0 aromatic rings. The molecule has 2 aliphatic rings. The highest BCUT2D eigenvalue weighted by Gasteiger charge is 2.48. The van der Waals surface area contributed by atoms with Gasteiger partial charge in [-0.1, -0.05) is 0 Å². The molecule has 2 fully saturated rings. The van der Waals surface area contributed by atoms with Crippen molar-refractivity contribution in [3.63, 3.8) is 0 Å². The smallest absolute Gasteiger partial charge is 0.186 e. The Hall–Kier alpha value is -0.400. The molecule has 23 heavy (non-hydrogen) atoms. The van der Waals surface area contributed by atoms with Gasteiger partial charge in [0.2, 0.25) is 0 Å². The van der Waals surface area contributed by atoms with E-state index in [0.717, 1.165) is 0 Å². The summed E-state index contributed by atoms with van der Waals surface area (Å²) in [5.41, 5.74) is 0. The van der Waals surface area contributed by atoms with E-state index in [9.17, 15) is 25.5 Å². The standard InChI is InChI=1S/C13H24O10/c1-20-12-10(19)9(18)11(7(4-15)22-12)23-13-8(17)6(16)2-5(3-14)21-13/h5-19H,2-4H2,1H3/t5-,6-,7+,8+,9+,10+,11+,12+,13+/m0/s1. The first-order valence-corrected chi connectivity index (χ1v) is 7.36. The minimum absolute atomic E-state index is 0.0268. The van der Waals surface area contributed by atoms with Gasteiger partial charge in [-0.2, -0.15) is 0 Å². The minimum Gasteiger partial charge on any atom is -0.394 e. The number of aliphatic hydroxyl groups is 6. The molecule has 2 heterocycles. The molecule has 0 amide bonds. The van der Waals surface area contributed by atoms with Crippen molar-refractivity contribution in [1.29, 1.82) is 0 Å². The maximum Gasteiger partial charge on any atom is 0.186 e. The lowest BCUT2D eigenvalue weighted by Gasteiger charge is -2.44. The van der Waals surface area contributed by atoms with E-state index in [4.69, 9.17) is 24.1 Å². The van der Waals surface area contributed by atoms with E-state index in [0.29, 0.717) is 0 Å². The lowest BCUT2D eigenvalue weighted by molar-refractivity contribution is -0.347. The van der Waals surface area contributed by atoms with Gasteiger partial charge in [-0.05, 0) is 0 Å². The second-order valence-electron chi connectivity index (χ2n) is 5.65. The fraction of sp³-hybridized carbons (Fsp3) is 1.00. The van der Waals surface area contributed by atoms with Crippen LogP contribution in [0.15, 0.2) is 0 Å². The molecule has 0 aromatic carbocycles. The molecule has 0 radical (unpaired) electrons. The van der Waals surface area contributed by atoms with E-state index in [1.807, 2.05) is 0 Å². The van der Waals surface area contributed by atoms with Gasteiger partial charge in [0.15, 0.2) is 12.6 Å². The molecule has 0 unspecified atom stereocenters. The third kappa shape index (κ3) is 3.99. The Morgan fingerprint density at radius 2 is 1.61 bits per heavy atom. The summed E-state index contributed by atoms with van der Waals surface area (Å²) < 4.78 is 20.9. The van der Waals surface area contributed by atoms with Crippen LogP contribution in [0.1, 0.15) is 6.42 Å². The Balaban J connectivity index is 2.09. The molecule has 6 N–H and O–H groups in total. The zero-order chi connectivity index (χ0) is 17.1. The van der Waals surface area contributed by atoms with E-state index in [1.165, 1.54) is 7.11 Å². The van der Waals surface area contributed by atoms with E-state index in [1.54, 1.807) is 0 Å². The second kappa shape index (κ2) is 8.12. The second-order valence-corrected chi connectivity index (χ2v) is 5.65. The van der Waals surface area contributed by atoms with E-state index in [2.05, 4.69) is 0 Å². The van der Waals surface area contributed by atoms with Gasteiger partial charge in [0.1, 0.15) is 30.5 Å². The molecule has 10 nitrogen and oxygen atoms in total. The summed E-state index contributed by atoms with van der Waals surface area (Å²) in [6.07, 6.45) is -11.0.